The highest BCUT2D eigenvalue weighted by Crippen LogP contribution is 2.13. The number of esters is 1. The van der Waals surface area contributed by atoms with Crippen LogP contribution in [0.3, 0.4) is 0 Å². The second-order valence-corrected chi connectivity index (χ2v) is 4.25. The van der Waals surface area contributed by atoms with E-state index in [4.69, 9.17) is 9.84 Å². The molecule has 102 valence electrons. The molecule has 1 aromatic rings. The van der Waals surface area contributed by atoms with Gasteiger partial charge < -0.3 is 9.84 Å². The number of aliphatic carboxylic acids is 1. The van der Waals surface area contributed by atoms with Crippen molar-refractivity contribution >= 4 is 11.9 Å². The molecule has 0 aliphatic rings. The van der Waals surface area contributed by atoms with E-state index < -0.39 is 17.9 Å². The van der Waals surface area contributed by atoms with Gasteiger partial charge in [-0.2, -0.15) is 0 Å². The molecule has 1 rings (SSSR count). The number of carbonyl (C=O) groups excluding carboxylic acids is 1. The van der Waals surface area contributed by atoms with E-state index in [0.29, 0.717) is 12.8 Å². The first kappa shape index (κ1) is 15.0. The summed E-state index contributed by atoms with van der Waals surface area (Å²) in [5, 5.41) is 8.99. The highest BCUT2D eigenvalue weighted by Gasteiger charge is 2.21. The third kappa shape index (κ3) is 5.86. The molecule has 1 aromatic carbocycles. The van der Waals surface area contributed by atoms with Crippen molar-refractivity contribution < 1.29 is 19.4 Å². The Hall–Kier alpha value is -2.10. The van der Waals surface area contributed by atoms with Crippen molar-refractivity contribution in [2.45, 2.75) is 25.9 Å². The first-order chi connectivity index (χ1) is 9.13. The standard InChI is InChI=1S/C15H18O4/c1-2-3-9-13(15(17)18)10-14(16)19-11-12-7-5-4-6-8-12/h2,4-8,13H,1,3,9-11H2,(H,17,18). The number of ether oxygens (including phenoxy) is 1. The maximum atomic E-state index is 11.6. The first-order valence-electron chi connectivity index (χ1n) is 6.16. The third-order valence-electron chi connectivity index (χ3n) is 2.72. The van der Waals surface area contributed by atoms with Gasteiger partial charge in [-0.15, -0.1) is 6.58 Å². The van der Waals surface area contributed by atoms with Crippen molar-refractivity contribution in [3.8, 4) is 0 Å². The molecule has 1 atom stereocenters. The number of carboxylic acid groups (broad SMARTS) is 1. The van der Waals surface area contributed by atoms with E-state index >= 15 is 0 Å². The van der Waals surface area contributed by atoms with E-state index in [-0.39, 0.29) is 13.0 Å². The number of benzene rings is 1. The molecule has 1 N–H and O–H groups in total. The molecule has 0 radical (unpaired) electrons. The number of allylic oxidation sites excluding steroid dienone is 1. The van der Waals surface area contributed by atoms with Crippen LogP contribution in [0.2, 0.25) is 0 Å². The van der Waals surface area contributed by atoms with Crippen LogP contribution in [-0.4, -0.2) is 17.0 Å². The average molecular weight is 262 g/mol. The van der Waals surface area contributed by atoms with Gasteiger partial charge in [-0.05, 0) is 18.4 Å². The zero-order chi connectivity index (χ0) is 14.1. The van der Waals surface area contributed by atoms with Crippen molar-refractivity contribution in [2.24, 2.45) is 5.92 Å². The van der Waals surface area contributed by atoms with Crippen LogP contribution in [0, 0.1) is 5.92 Å². The van der Waals surface area contributed by atoms with Crippen LogP contribution in [0.5, 0.6) is 0 Å². The minimum atomic E-state index is -0.974. The lowest BCUT2D eigenvalue weighted by molar-refractivity contribution is -0.152. The van der Waals surface area contributed by atoms with Crippen LogP contribution in [0.15, 0.2) is 43.0 Å². The summed E-state index contributed by atoms with van der Waals surface area (Å²) in [6.45, 7) is 3.71. The summed E-state index contributed by atoms with van der Waals surface area (Å²) in [6, 6.07) is 9.28. The highest BCUT2D eigenvalue weighted by molar-refractivity contribution is 5.78. The second-order valence-electron chi connectivity index (χ2n) is 4.25. The lowest BCUT2D eigenvalue weighted by atomic mass is 10.00. The van der Waals surface area contributed by atoms with Gasteiger partial charge in [0.1, 0.15) is 6.61 Å². The molecule has 1 unspecified atom stereocenters. The van der Waals surface area contributed by atoms with E-state index in [9.17, 15) is 9.59 Å². The lowest BCUT2D eigenvalue weighted by Crippen LogP contribution is -2.19. The van der Waals surface area contributed by atoms with Gasteiger partial charge in [-0.1, -0.05) is 36.4 Å². The predicted molar refractivity (Wildman–Crippen MR) is 71.4 cm³/mol. The summed E-state index contributed by atoms with van der Waals surface area (Å²) in [4.78, 5) is 22.6. The molecule has 0 spiro atoms. The number of carboxylic acids is 1. The van der Waals surface area contributed by atoms with E-state index in [1.807, 2.05) is 30.3 Å². The summed E-state index contributed by atoms with van der Waals surface area (Å²) >= 11 is 0. The number of carbonyl (C=O) groups is 2. The molecule has 0 aliphatic carbocycles. The Kier molecular flexibility index (Phi) is 6.36. The molecule has 0 heterocycles. The maximum Gasteiger partial charge on any atom is 0.307 e. The fraction of sp³-hybridized carbons (Fsp3) is 0.333. The van der Waals surface area contributed by atoms with Gasteiger partial charge in [-0.25, -0.2) is 0 Å². The molecule has 0 bridgehead atoms. The summed E-state index contributed by atoms with van der Waals surface area (Å²) < 4.78 is 5.06. The fourth-order valence-corrected chi connectivity index (χ4v) is 1.63. The summed E-state index contributed by atoms with van der Waals surface area (Å²) in [6.07, 6.45) is 2.52. The van der Waals surface area contributed by atoms with E-state index in [0.717, 1.165) is 5.56 Å². The smallest absolute Gasteiger partial charge is 0.307 e. The van der Waals surface area contributed by atoms with Gasteiger partial charge in [0.25, 0.3) is 0 Å². The average Bonchev–Trinajstić information content (AvgIpc) is 2.42. The monoisotopic (exact) mass is 262 g/mol. The summed E-state index contributed by atoms with van der Waals surface area (Å²) in [5.41, 5.74) is 0.883. The normalized spacial score (nSPS) is 11.6. The van der Waals surface area contributed by atoms with Gasteiger partial charge in [0.15, 0.2) is 0 Å². The number of rotatable bonds is 8. The Morgan fingerprint density at radius 2 is 2.00 bits per heavy atom. The predicted octanol–water partition coefficient (Wildman–Crippen LogP) is 2.79. The molecular formula is C15H18O4. The molecule has 4 heteroatoms. The van der Waals surface area contributed by atoms with E-state index in [1.165, 1.54) is 0 Å². The van der Waals surface area contributed by atoms with Gasteiger partial charge in [-0.3, -0.25) is 9.59 Å². The summed E-state index contributed by atoms with van der Waals surface area (Å²) in [5.74, 6) is -2.17. The first-order valence-corrected chi connectivity index (χ1v) is 6.16. The Morgan fingerprint density at radius 3 is 2.58 bits per heavy atom. The Balaban J connectivity index is 2.40. The molecule has 19 heavy (non-hydrogen) atoms. The van der Waals surface area contributed by atoms with Crippen LogP contribution >= 0.6 is 0 Å². The molecule has 0 aromatic heterocycles. The van der Waals surface area contributed by atoms with Crippen molar-refractivity contribution in [3.63, 3.8) is 0 Å². The zero-order valence-corrected chi connectivity index (χ0v) is 10.7. The minimum absolute atomic E-state index is 0.101. The maximum absolute atomic E-state index is 11.6. The van der Waals surface area contributed by atoms with Crippen molar-refractivity contribution in [1.29, 1.82) is 0 Å². The van der Waals surface area contributed by atoms with E-state index in [2.05, 4.69) is 6.58 Å². The molecule has 0 fully saturated rings. The second kappa shape index (κ2) is 8.08. The molecule has 4 nitrogen and oxygen atoms in total. The molecule has 0 aliphatic heterocycles. The Bertz CT molecular complexity index is 425. The number of hydrogen-bond acceptors (Lipinski definition) is 3. The van der Waals surface area contributed by atoms with Gasteiger partial charge in [0, 0.05) is 0 Å². The highest BCUT2D eigenvalue weighted by atomic mass is 16.5. The van der Waals surface area contributed by atoms with Crippen LogP contribution in [0.25, 0.3) is 0 Å². The molecule has 0 amide bonds. The third-order valence-corrected chi connectivity index (χ3v) is 2.72. The molecule has 0 saturated carbocycles. The largest absolute Gasteiger partial charge is 0.481 e. The molecular weight excluding hydrogens is 244 g/mol. The van der Waals surface area contributed by atoms with Crippen LogP contribution in [-0.2, 0) is 20.9 Å². The zero-order valence-electron chi connectivity index (χ0n) is 10.7. The number of hydrogen-bond donors (Lipinski definition) is 1. The van der Waals surface area contributed by atoms with Crippen molar-refractivity contribution in [3.05, 3.63) is 48.6 Å². The van der Waals surface area contributed by atoms with Crippen LogP contribution in [0.4, 0.5) is 0 Å². The fourth-order valence-electron chi connectivity index (χ4n) is 1.63. The topological polar surface area (TPSA) is 63.6 Å². The molecule has 0 saturated heterocycles. The van der Waals surface area contributed by atoms with Crippen molar-refractivity contribution in [2.75, 3.05) is 0 Å². The quantitative estimate of drug-likeness (QED) is 0.578. The minimum Gasteiger partial charge on any atom is -0.481 e. The van der Waals surface area contributed by atoms with E-state index in [1.54, 1.807) is 6.08 Å². The van der Waals surface area contributed by atoms with Gasteiger partial charge in [0.05, 0.1) is 12.3 Å². The van der Waals surface area contributed by atoms with Gasteiger partial charge >= 0.3 is 11.9 Å². The van der Waals surface area contributed by atoms with Crippen LogP contribution < -0.4 is 0 Å². The van der Waals surface area contributed by atoms with Crippen LogP contribution in [0.1, 0.15) is 24.8 Å². The lowest BCUT2D eigenvalue weighted by Gasteiger charge is -2.10. The Labute approximate surface area is 112 Å². The Morgan fingerprint density at radius 1 is 1.32 bits per heavy atom. The van der Waals surface area contributed by atoms with Gasteiger partial charge in [0.2, 0.25) is 0 Å². The SMILES string of the molecule is C=CCCC(CC(=O)OCc1ccccc1)C(=O)O. The summed E-state index contributed by atoms with van der Waals surface area (Å²) in [7, 11) is 0. The van der Waals surface area contributed by atoms with Crippen molar-refractivity contribution in [1.82, 2.24) is 0 Å².